The van der Waals surface area contributed by atoms with Crippen LogP contribution in [0.4, 0.5) is 11.4 Å². The summed E-state index contributed by atoms with van der Waals surface area (Å²) in [6.45, 7) is 5.58. The van der Waals surface area contributed by atoms with Gasteiger partial charge in [0.2, 0.25) is 5.91 Å². The number of carbonyl (C=O) groups excluding carboxylic acids is 5. The maximum absolute atomic E-state index is 15.4. The summed E-state index contributed by atoms with van der Waals surface area (Å²) in [4.78, 5) is 75.2. The lowest BCUT2D eigenvalue weighted by atomic mass is 9.94. The maximum atomic E-state index is 15.4. The summed E-state index contributed by atoms with van der Waals surface area (Å²) in [6.07, 6.45) is 13.4. The fourth-order valence-corrected chi connectivity index (χ4v) is 10.3. The van der Waals surface area contributed by atoms with Crippen molar-refractivity contribution < 1.29 is 28.4 Å². The van der Waals surface area contributed by atoms with Crippen LogP contribution >= 0.6 is 0 Å². The highest BCUT2D eigenvalue weighted by Crippen LogP contribution is 2.33. The van der Waals surface area contributed by atoms with Crippen molar-refractivity contribution in [3.05, 3.63) is 174 Å². The minimum atomic E-state index is -1.13. The highest BCUT2D eigenvalue weighted by atomic mass is 16.3. The van der Waals surface area contributed by atoms with Gasteiger partial charge in [0, 0.05) is 35.4 Å². The number of rotatable bonds is 19. The Labute approximate surface area is 437 Å². The Kier molecular flexibility index (Phi) is 16.7. The van der Waals surface area contributed by atoms with E-state index in [1.54, 1.807) is 66.6 Å². The van der Waals surface area contributed by atoms with Crippen LogP contribution in [0.1, 0.15) is 134 Å². The third-order valence-corrected chi connectivity index (χ3v) is 14.3. The molecule has 2 saturated carbocycles. The summed E-state index contributed by atoms with van der Waals surface area (Å²) in [5.74, 6) is -1.62. The largest absolute Gasteiger partial charge is 0.467 e. The molecule has 0 aliphatic heterocycles. The van der Waals surface area contributed by atoms with Crippen LogP contribution in [-0.2, 0) is 27.3 Å². The monoisotopic (exact) mass is 1010 g/mol. The molecule has 4 aromatic carbocycles. The van der Waals surface area contributed by atoms with Gasteiger partial charge in [0.15, 0.2) is 11.7 Å². The van der Waals surface area contributed by atoms with Crippen molar-refractivity contribution in [2.45, 2.75) is 128 Å². The molecule has 388 valence electrons. The fraction of sp³-hybridized carbons (Fsp3) is 0.362. The maximum Gasteiger partial charge on any atom is 0.274 e. The molecule has 0 radical (unpaired) electrons. The van der Waals surface area contributed by atoms with E-state index in [0.717, 1.165) is 69.8 Å². The number of anilines is 2. The zero-order valence-electron chi connectivity index (χ0n) is 42.8. The number of furan rings is 1. The lowest BCUT2D eigenvalue weighted by Crippen LogP contribution is -2.54. The molecule has 2 aliphatic carbocycles. The molecule has 0 spiro atoms. The molecular weight excluding hydrogens is 947 g/mol. The third kappa shape index (κ3) is 12.3. The molecular formula is C58H65N11O6. The zero-order chi connectivity index (χ0) is 52.3. The van der Waals surface area contributed by atoms with Crippen LogP contribution in [0.2, 0.25) is 0 Å². The van der Waals surface area contributed by atoms with Gasteiger partial charge in [-0.25, -0.2) is 9.36 Å². The van der Waals surface area contributed by atoms with Crippen molar-refractivity contribution in [2.24, 2.45) is 5.92 Å². The number of nitrogens with zero attached hydrogens (tertiary/aromatic N) is 8. The number of amides is 5. The van der Waals surface area contributed by atoms with Gasteiger partial charge < -0.3 is 20.4 Å². The summed E-state index contributed by atoms with van der Waals surface area (Å²) in [6, 6.07) is 35.4. The van der Waals surface area contributed by atoms with E-state index in [-0.39, 0.29) is 54.4 Å². The topological polar surface area (TPSA) is 202 Å². The molecule has 7 aromatic rings. The summed E-state index contributed by atoms with van der Waals surface area (Å²) >= 11 is 0. The van der Waals surface area contributed by atoms with Gasteiger partial charge in [0.1, 0.15) is 23.5 Å². The highest BCUT2D eigenvalue weighted by Gasteiger charge is 2.40. The highest BCUT2D eigenvalue weighted by molar-refractivity contribution is 6.10. The van der Waals surface area contributed by atoms with Crippen LogP contribution in [-0.4, -0.2) is 77.6 Å². The molecule has 17 nitrogen and oxygen atoms in total. The Bertz CT molecular complexity index is 3000. The number of nitrogens with one attached hydrogen (secondary N) is 3. The first-order valence-corrected chi connectivity index (χ1v) is 26.2. The van der Waals surface area contributed by atoms with E-state index in [1.165, 1.54) is 20.5 Å². The number of aromatic nitrogens is 6. The van der Waals surface area contributed by atoms with Gasteiger partial charge in [0.05, 0.1) is 30.4 Å². The van der Waals surface area contributed by atoms with E-state index in [4.69, 9.17) is 4.42 Å². The molecule has 3 heterocycles. The Hall–Kier alpha value is -8.21. The molecule has 2 fully saturated rings. The van der Waals surface area contributed by atoms with Crippen LogP contribution in [0, 0.1) is 12.8 Å². The van der Waals surface area contributed by atoms with E-state index < -0.39 is 29.9 Å². The second-order valence-corrected chi connectivity index (χ2v) is 19.9. The quantitative estimate of drug-likeness (QED) is 0.0703. The molecule has 75 heavy (non-hydrogen) atoms. The van der Waals surface area contributed by atoms with Gasteiger partial charge >= 0.3 is 0 Å². The van der Waals surface area contributed by atoms with Crippen molar-refractivity contribution in [2.75, 3.05) is 9.80 Å². The van der Waals surface area contributed by atoms with Gasteiger partial charge in [-0.05, 0) is 105 Å². The smallest absolute Gasteiger partial charge is 0.274 e. The molecule has 3 atom stereocenters. The number of benzene rings is 4. The van der Waals surface area contributed by atoms with Crippen LogP contribution in [0.25, 0.3) is 5.69 Å². The second-order valence-electron chi connectivity index (χ2n) is 19.9. The zero-order valence-corrected chi connectivity index (χ0v) is 42.8. The summed E-state index contributed by atoms with van der Waals surface area (Å²) < 4.78 is 8.90. The fourth-order valence-electron chi connectivity index (χ4n) is 10.3. The predicted molar refractivity (Wildman–Crippen MR) is 284 cm³/mol. The molecule has 3 unspecified atom stereocenters. The average Bonchev–Trinajstić information content (AvgIpc) is 4.24. The van der Waals surface area contributed by atoms with E-state index in [1.807, 2.05) is 92.7 Å². The number of hydrogen-bond acceptors (Lipinski definition) is 10. The standard InChI is InChI=1S/C58H65N11O6/c1-39(2)52(55(71)60-43-22-11-5-12-23-43)67(46-26-15-7-16-27-46)57(73)42-31-33-48(34-32-42)69-40(3)51(63-65-69)54(70)59-37-45-38-66(64-62-45)49(36-41-20-9-4-10-21-41)58(74)68(47-28-17-8-18-29-47)53(50-30-19-35-75-50)56(72)61-44-24-13-6-14-25-44/h4,7-10,15-21,26-35,38-39,43-44,49,52-53H,5-6,11-14,22-25,36-37H2,1-3H3,(H,59,70)(H,60,71)(H,61,72). The van der Waals surface area contributed by atoms with Crippen molar-refractivity contribution in [3.63, 3.8) is 0 Å². The molecule has 17 heteroatoms. The van der Waals surface area contributed by atoms with Crippen molar-refractivity contribution in [1.29, 1.82) is 0 Å². The third-order valence-electron chi connectivity index (χ3n) is 14.3. The normalized spacial score (nSPS) is 15.4. The van der Waals surface area contributed by atoms with Gasteiger partial charge in [0.25, 0.3) is 23.6 Å². The van der Waals surface area contributed by atoms with Crippen LogP contribution in [0.5, 0.6) is 0 Å². The predicted octanol–water partition coefficient (Wildman–Crippen LogP) is 8.82. The SMILES string of the molecule is Cc1c(C(=O)NCc2cn(C(Cc3ccccc3)C(=O)N(c3ccccc3)C(C(=O)NC3CCCCC3)c3ccco3)nn2)nnn1-c1ccc(C(=O)N(c2ccccc2)C(C(=O)NC2CCCCC2)C(C)C)cc1. The molecule has 5 amide bonds. The van der Waals surface area contributed by atoms with Gasteiger partial charge in [-0.1, -0.05) is 130 Å². The minimum Gasteiger partial charge on any atom is -0.467 e. The summed E-state index contributed by atoms with van der Waals surface area (Å²) in [5, 5.41) is 26.7. The first-order valence-electron chi connectivity index (χ1n) is 26.2. The van der Waals surface area contributed by atoms with Gasteiger partial charge in [-0.2, -0.15) is 0 Å². The molecule has 2 aliphatic rings. The van der Waals surface area contributed by atoms with Gasteiger partial charge in [-0.15, -0.1) is 10.2 Å². The number of carbonyl (C=O) groups is 5. The van der Waals surface area contributed by atoms with Crippen LogP contribution < -0.4 is 25.8 Å². The lowest BCUT2D eigenvalue weighted by molar-refractivity contribution is -0.129. The van der Waals surface area contributed by atoms with Crippen LogP contribution in [0.15, 0.2) is 144 Å². The van der Waals surface area contributed by atoms with E-state index >= 15 is 4.79 Å². The lowest BCUT2D eigenvalue weighted by Gasteiger charge is -2.35. The van der Waals surface area contributed by atoms with Crippen LogP contribution in [0.3, 0.4) is 0 Å². The Balaban J connectivity index is 0.920. The molecule has 9 rings (SSSR count). The first-order chi connectivity index (χ1) is 36.5. The Morgan fingerprint density at radius 2 is 1.25 bits per heavy atom. The molecule has 0 bridgehead atoms. The molecule has 3 aromatic heterocycles. The second kappa shape index (κ2) is 24.2. The molecule has 3 N–H and O–H groups in total. The molecule has 0 saturated heterocycles. The van der Waals surface area contributed by atoms with E-state index in [9.17, 15) is 19.2 Å². The van der Waals surface area contributed by atoms with Crippen molar-refractivity contribution >= 4 is 40.9 Å². The van der Waals surface area contributed by atoms with E-state index in [0.29, 0.717) is 39.8 Å². The number of para-hydroxylation sites is 2. The minimum absolute atomic E-state index is 0.0187. The van der Waals surface area contributed by atoms with Crippen molar-refractivity contribution in [3.8, 4) is 5.69 Å². The van der Waals surface area contributed by atoms with Crippen molar-refractivity contribution in [1.82, 2.24) is 45.9 Å². The average molecular weight is 1010 g/mol. The van der Waals surface area contributed by atoms with Gasteiger partial charge in [-0.3, -0.25) is 33.8 Å². The summed E-state index contributed by atoms with van der Waals surface area (Å²) in [7, 11) is 0. The Morgan fingerprint density at radius 1 is 0.667 bits per heavy atom. The Morgan fingerprint density at radius 3 is 1.84 bits per heavy atom. The van der Waals surface area contributed by atoms with E-state index in [2.05, 4.69) is 36.6 Å². The number of hydrogen-bond donors (Lipinski definition) is 3. The first kappa shape index (κ1) is 51.7. The summed E-state index contributed by atoms with van der Waals surface area (Å²) in [5.41, 5.74) is 3.83.